The molecule has 1 amide bonds. The summed E-state index contributed by atoms with van der Waals surface area (Å²) in [5.41, 5.74) is 1.01. The summed E-state index contributed by atoms with van der Waals surface area (Å²) in [6, 6.07) is 9.89. The Balaban J connectivity index is 1.53. The van der Waals surface area contributed by atoms with Crippen molar-refractivity contribution in [2.75, 3.05) is 26.2 Å². The second kappa shape index (κ2) is 8.53. The van der Waals surface area contributed by atoms with E-state index in [1.54, 1.807) is 0 Å². The first-order valence-corrected chi connectivity index (χ1v) is 10.2. The lowest BCUT2D eigenvalue weighted by Gasteiger charge is -2.41. The van der Waals surface area contributed by atoms with E-state index in [9.17, 15) is 9.90 Å². The molecule has 26 heavy (non-hydrogen) atoms. The molecular formula is C22H34N2O2. The van der Waals surface area contributed by atoms with Crippen molar-refractivity contribution >= 4 is 5.91 Å². The molecule has 144 valence electrons. The first-order chi connectivity index (χ1) is 12.5. The van der Waals surface area contributed by atoms with Crippen LogP contribution in [0.4, 0.5) is 0 Å². The van der Waals surface area contributed by atoms with E-state index in [2.05, 4.69) is 30.6 Å². The van der Waals surface area contributed by atoms with Crippen molar-refractivity contribution in [1.29, 1.82) is 0 Å². The number of likely N-dealkylation sites (tertiary alicyclic amines) is 2. The van der Waals surface area contributed by atoms with E-state index in [4.69, 9.17) is 0 Å². The highest BCUT2D eigenvalue weighted by Crippen LogP contribution is 2.31. The first-order valence-electron chi connectivity index (χ1n) is 10.2. The highest BCUT2D eigenvalue weighted by molar-refractivity contribution is 5.81. The second-order valence-electron chi connectivity index (χ2n) is 8.59. The van der Waals surface area contributed by atoms with Gasteiger partial charge in [0.05, 0.1) is 12.1 Å². The molecule has 4 nitrogen and oxygen atoms in total. The minimum Gasteiger partial charge on any atom is -0.388 e. The number of carbonyl (C=O) groups excluding carboxylic acids is 1. The third-order valence-corrected chi connectivity index (χ3v) is 6.25. The smallest absolute Gasteiger partial charge is 0.239 e. The zero-order valence-electron chi connectivity index (χ0n) is 16.5. The van der Waals surface area contributed by atoms with Crippen molar-refractivity contribution < 1.29 is 9.90 Å². The highest BCUT2D eigenvalue weighted by atomic mass is 16.3. The van der Waals surface area contributed by atoms with Gasteiger partial charge in [0.1, 0.15) is 0 Å². The van der Waals surface area contributed by atoms with Gasteiger partial charge in [0.15, 0.2) is 0 Å². The van der Waals surface area contributed by atoms with Crippen LogP contribution in [0.3, 0.4) is 0 Å². The van der Waals surface area contributed by atoms with Crippen molar-refractivity contribution in [2.45, 2.75) is 52.2 Å². The summed E-state index contributed by atoms with van der Waals surface area (Å²) in [6.45, 7) is 10.1. The van der Waals surface area contributed by atoms with Crippen molar-refractivity contribution in [2.24, 2.45) is 17.8 Å². The Morgan fingerprint density at radius 3 is 2.23 bits per heavy atom. The minimum absolute atomic E-state index is 0.0534. The molecule has 4 heteroatoms. The number of hydrogen-bond donors (Lipinski definition) is 1. The molecule has 0 aliphatic carbocycles. The van der Waals surface area contributed by atoms with Crippen molar-refractivity contribution in [1.82, 2.24) is 9.80 Å². The zero-order valence-corrected chi connectivity index (χ0v) is 16.5. The van der Waals surface area contributed by atoms with E-state index >= 15 is 0 Å². The van der Waals surface area contributed by atoms with Crippen LogP contribution in [0.5, 0.6) is 0 Å². The number of nitrogens with zero attached hydrogens (tertiary/aromatic N) is 2. The Hall–Kier alpha value is -1.39. The maximum absolute atomic E-state index is 13.0. The van der Waals surface area contributed by atoms with Gasteiger partial charge in [0, 0.05) is 13.1 Å². The number of hydrogen-bond acceptors (Lipinski definition) is 3. The third kappa shape index (κ3) is 4.47. The minimum atomic E-state index is -0.395. The van der Waals surface area contributed by atoms with Gasteiger partial charge in [-0.2, -0.15) is 0 Å². The Bertz CT molecular complexity index is 573. The average molecular weight is 359 g/mol. The molecule has 2 fully saturated rings. The van der Waals surface area contributed by atoms with Gasteiger partial charge in [0.25, 0.3) is 0 Å². The lowest BCUT2D eigenvalue weighted by atomic mass is 9.87. The molecule has 0 radical (unpaired) electrons. The standard InChI is InChI=1S/C22H34N2O2/c1-16-13-17(2)15-24(14-16)22(26)18(3)23-11-9-20(10-12-23)21(25)19-7-5-4-6-8-19/h4-8,16-18,20-21,25H,9-15H2,1-3H3. The van der Waals surface area contributed by atoms with Crippen LogP contribution in [0, 0.1) is 17.8 Å². The number of aliphatic hydroxyl groups is 1. The van der Waals surface area contributed by atoms with E-state index in [0.29, 0.717) is 11.8 Å². The number of amides is 1. The SMILES string of the molecule is CC1CC(C)CN(C(=O)C(C)N2CCC(C(O)c3ccccc3)CC2)C1. The largest absolute Gasteiger partial charge is 0.388 e. The predicted octanol–water partition coefficient (Wildman–Crippen LogP) is 3.33. The van der Waals surface area contributed by atoms with Crippen LogP contribution in [-0.4, -0.2) is 53.0 Å². The summed E-state index contributed by atoms with van der Waals surface area (Å²) in [5.74, 6) is 1.76. The predicted molar refractivity (Wildman–Crippen MR) is 105 cm³/mol. The molecule has 2 heterocycles. The fourth-order valence-electron chi connectivity index (χ4n) is 4.81. The van der Waals surface area contributed by atoms with Gasteiger partial charge in [0.2, 0.25) is 5.91 Å². The van der Waals surface area contributed by atoms with Crippen LogP contribution >= 0.6 is 0 Å². The van der Waals surface area contributed by atoms with E-state index in [-0.39, 0.29) is 17.9 Å². The molecule has 0 bridgehead atoms. The Labute approximate surface area is 158 Å². The van der Waals surface area contributed by atoms with Crippen molar-refractivity contribution in [3.8, 4) is 0 Å². The number of aliphatic hydroxyl groups excluding tert-OH is 1. The summed E-state index contributed by atoms with van der Waals surface area (Å²) in [6.07, 6.45) is 2.72. The van der Waals surface area contributed by atoms with E-state index < -0.39 is 6.10 Å². The molecule has 1 aromatic rings. The lowest BCUT2D eigenvalue weighted by Crippen LogP contribution is -2.53. The van der Waals surface area contributed by atoms with Gasteiger partial charge in [-0.25, -0.2) is 0 Å². The Kier molecular flexibility index (Phi) is 6.36. The zero-order chi connectivity index (χ0) is 18.7. The molecule has 2 aliphatic heterocycles. The van der Waals surface area contributed by atoms with E-state index in [1.807, 2.05) is 30.3 Å². The van der Waals surface area contributed by atoms with Gasteiger partial charge >= 0.3 is 0 Å². The number of benzene rings is 1. The van der Waals surface area contributed by atoms with E-state index in [1.165, 1.54) is 6.42 Å². The highest BCUT2D eigenvalue weighted by Gasteiger charge is 2.34. The third-order valence-electron chi connectivity index (χ3n) is 6.25. The monoisotopic (exact) mass is 358 g/mol. The molecule has 0 saturated carbocycles. The van der Waals surface area contributed by atoms with E-state index in [0.717, 1.165) is 44.6 Å². The number of rotatable bonds is 4. The molecule has 1 aromatic carbocycles. The molecule has 0 spiro atoms. The quantitative estimate of drug-likeness (QED) is 0.898. The van der Waals surface area contributed by atoms with Gasteiger partial charge in [-0.15, -0.1) is 0 Å². The second-order valence-corrected chi connectivity index (χ2v) is 8.59. The Morgan fingerprint density at radius 2 is 1.65 bits per heavy atom. The summed E-state index contributed by atoms with van der Waals surface area (Å²) in [4.78, 5) is 17.3. The van der Waals surface area contributed by atoms with Crippen LogP contribution in [0.15, 0.2) is 30.3 Å². The van der Waals surface area contributed by atoms with Crippen LogP contribution in [0.1, 0.15) is 51.7 Å². The molecule has 2 saturated heterocycles. The lowest BCUT2D eigenvalue weighted by molar-refractivity contribution is -0.140. The molecule has 3 rings (SSSR count). The number of piperidine rings is 2. The summed E-state index contributed by atoms with van der Waals surface area (Å²) >= 11 is 0. The average Bonchev–Trinajstić information content (AvgIpc) is 2.66. The van der Waals surface area contributed by atoms with Gasteiger partial charge < -0.3 is 10.0 Å². The summed E-state index contributed by atoms with van der Waals surface area (Å²) in [5, 5.41) is 10.6. The summed E-state index contributed by atoms with van der Waals surface area (Å²) in [7, 11) is 0. The molecule has 4 unspecified atom stereocenters. The fraction of sp³-hybridized carbons (Fsp3) is 0.682. The van der Waals surface area contributed by atoms with Crippen LogP contribution < -0.4 is 0 Å². The molecule has 4 atom stereocenters. The van der Waals surface area contributed by atoms with Crippen LogP contribution in [-0.2, 0) is 4.79 Å². The maximum atomic E-state index is 13.0. The van der Waals surface area contributed by atoms with Gasteiger partial charge in [-0.05, 0) is 62.6 Å². The Morgan fingerprint density at radius 1 is 1.08 bits per heavy atom. The molecular weight excluding hydrogens is 324 g/mol. The molecule has 2 aliphatic rings. The molecule has 1 N–H and O–H groups in total. The van der Waals surface area contributed by atoms with Gasteiger partial charge in [-0.1, -0.05) is 44.2 Å². The topological polar surface area (TPSA) is 43.8 Å². The van der Waals surface area contributed by atoms with Crippen LogP contribution in [0.25, 0.3) is 0 Å². The van der Waals surface area contributed by atoms with Gasteiger partial charge in [-0.3, -0.25) is 9.69 Å². The normalized spacial score (nSPS) is 27.9. The van der Waals surface area contributed by atoms with Crippen molar-refractivity contribution in [3.05, 3.63) is 35.9 Å². The fourth-order valence-corrected chi connectivity index (χ4v) is 4.81. The maximum Gasteiger partial charge on any atom is 0.239 e. The molecule has 0 aromatic heterocycles. The summed E-state index contributed by atoms with van der Waals surface area (Å²) < 4.78 is 0. The van der Waals surface area contributed by atoms with Crippen molar-refractivity contribution in [3.63, 3.8) is 0 Å². The number of carbonyl (C=O) groups is 1. The first kappa shape index (κ1) is 19.4. The van der Waals surface area contributed by atoms with Crippen LogP contribution in [0.2, 0.25) is 0 Å².